The van der Waals surface area contributed by atoms with Gasteiger partial charge in [-0.15, -0.1) is 0 Å². The Morgan fingerprint density at radius 1 is 1.33 bits per heavy atom. The summed E-state index contributed by atoms with van der Waals surface area (Å²) in [6.45, 7) is 5.27. The molecule has 0 fully saturated rings. The molecule has 0 heterocycles. The Bertz CT molecular complexity index is 396. The minimum Gasteiger partial charge on any atom is -0.481 e. The topological polar surface area (TPSA) is 37.3 Å². The van der Waals surface area contributed by atoms with E-state index in [2.05, 4.69) is 0 Å². The van der Waals surface area contributed by atoms with Crippen molar-refractivity contribution in [2.45, 2.75) is 33.1 Å². The smallest absolute Gasteiger partial charge is 0.310 e. The average molecular weight is 208 g/mol. The monoisotopic (exact) mass is 208 g/mol. The summed E-state index contributed by atoms with van der Waals surface area (Å²) < 4.78 is 15.9. The maximum absolute atomic E-state index is 10.8. The molecule has 82 valence electrons. The van der Waals surface area contributed by atoms with Gasteiger partial charge in [-0.2, -0.15) is 0 Å². The van der Waals surface area contributed by atoms with Crippen molar-refractivity contribution in [3.63, 3.8) is 0 Å². The molecule has 0 amide bonds. The first kappa shape index (κ1) is 8.96. The van der Waals surface area contributed by atoms with E-state index in [9.17, 15) is 4.79 Å². The molecule has 0 bridgehead atoms. The molecule has 0 aromatic heterocycles. The Hall–Kier alpha value is -1.31. The normalized spacial score (nSPS) is 15.7. The van der Waals surface area contributed by atoms with E-state index in [-0.39, 0.29) is 5.92 Å². The summed E-state index contributed by atoms with van der Waals surface area (Å²) in [6, 6.07) is 6.73. The molecule has 0 aliphatic heterocycles. The van der Waals surface area contributed by atoms with Gasteiger partial charge in [-0.1, -0.05) is 38.1 Å². The van der Waals surface area contributed by atoms with Crippen molar-refractivity contribution in [3.05, 3.63) is 35.4 Å². The lowest BCUT2D eigenvalue weighted by atomic mass is 9.97. The third-order valence-corrected chi connectivity index (χ3v) is 2.24. The molecule has 0 aliphatic rings. The summed E-state index contributed by atoms with van der Waals surface area (Å²) in [6.07, 6.45) is -1.38. The highest BCUT2D eigenvalue weighted by Gasteiger charge is 2.12. The zero-order valence-electron chi connectivity index (χ0n) is 11.3. The maximum atomic E-state index is 10.8. The van der Waals surface area contributed by atoms with Crippen LogP contribution < -0.4 is 0 Å². The lowest BCUT2D eigenvalue weighted by Gasteiger charge is -2.09. The summed E-state index contributed by atoms with van der Waals surface area (Å²) in [7, 11) is 0. The van der Waals surface area contributed by atoms with Crippen LogP contribution in [0, 0.1) is 5.92 Å². The van der Waals surface area contributed by atoms with Crippen LogP contribution in [0.3, 0.4) is 0 Å². The highest BCUT2D eigenvalue weighted by molar-refractivity contribution is 5.75. The second-order valence-electron chi connectivity index (χ2n) is 3.98. The molecule has 0 radical (unpaired) electrons. The maximum Gasteiger partial charge on any atom is 0.310 e. The first-order chi connectivity index (χ1) is 7.76. The van der Waals surface area contributed by atoms with Crippen molar-refractivity contribution in [2.24, 2.45) is 5.92 Å². The minimum atomic E-state index is -1.38. The highest BCUT2D eigenvalue weighted by atomic mass is 16.4. The van der Waals surface area contributed by atoms with E-state index in [1.807, 2.05) is 13.8 Å². The molecular weight excluding hydrogens is 188 g/mol. The minimum absolute atomic E-state index is 0.120. The second-order valence-corrected chi connectivity index (χ2v) is 3.98. The second kappa shape index (κ2) is 4.96. The van der Waals surface area contributed by atoms with Crippen LogP contribution in [-0.4, -0.2) is 11.1 Å². The standard InChI is InChI=1S/C13H18O2/c1-9(2)8-11-4-6-12(7-5-11)10(3)13(14)15/h4-7,9-10H,8H2,1-3H3,(H,14,15)/i8D2. The predicted octanol–water partition coefficient (Wildman–Crippen LogP) is 3.07. The van der Waals surface area contributed by atoms with Gasteiger partial charge in [0.2, 0.25) is 0 Å². The van der Waals surface area contributed by atoms with E-state index < -0.39 is 18.3 Å². The van der Waals surface area contributed by atoms with Gasteiger partial charge in [0.1, 0.15) is 0 Å². The Morgan fingerprint density at radius 2 is 1.87 bits per heavy atom. The van der Waals surface area contributed by atoms with Crippen molar-refractivity contribution in [2.75, 3.05) is 0 Å². The van der Waals surface area contributed by atoms with Crippen LogP contribution in [0.15, 0.2) is 24.3 Å². The summed E-state index contributed by atoms with van der Waals surface area (Å²) >= 11 is 0. The van der Waals surface area contributed by atoms with Crippen LogP contribution in [0.2, 0.25) is 0 Å². The largest absolute Gasteiger partial charge is 0.481 e. The Balaban J connectivity index is 3.00. The number of carboxylic acids is 1. The molecule has 15 heavy (non-hydrogen) atoms. The fraction of sp³-hybridized carbons (Fsp3) is 0.462. The summed E-state index contributed by atoms with van der Waals surface area (Å²) in [5.74, 6) is -1.55. The van der Waals surface area contributed by atoms with Gasteiger partial charge in [-0.05, 0) is 30.3 Å². The quantitative estimate of drug-likeness (QED) is 0.825. The molecule has 1 unspecified atom stereocenters. The average Bonchev–Trinajstić information content (AvgIpc) is 2.27. The lowest BCUT2D eigenvalue weighted by Crippen LogP contribution is -2.07. The molecule has 0 saturated carbocycles. The van der Waals surface area contributed by atoms with E-state index >= 15 is 0 Å². The van der Waals surface area contributed by atoms with E-state index in [0.29, 0.717) is 11.1 Å². The lowest BCUT2D eigenvalue weighted by molar-refractivity contribution is -0.138. The van der Waals surface area contributed by atoms with Crippen LogP contribution in [0.1, 0.15) is 40.6 Å². The van der Waals surface area contributed by atoms with Crippen LogP contribution >= 0.6 is 0 Å². The van der Waals surface area contributed by atoms with E-state index in [1.54, 1.807) is 31.2 Å². The van der Waals surface area contributed by atoms with Gasteiger partial charge in [0.25, 0.3) is 0 Å². The molecule has 2 heteroatoms. The number of aliphatic carboxylic acids is 1. The summed E-state index contributed by atoms with van der Waals surface area (Å²) in [5.41, 5.74) is 1.29. The molecule has 1 aromatic rings. The van der Waals surface area contributed by atoms with E-state index in [4.69, 9.17) is 7.85 Å². The third kappa shape index (κ3) is 3.39. The number of rotatable bonds is 4. The van der Waals surface area contributed by atoms with Gasteiger partial charge >= 0.3 is 5.97 Å². The molecule has 0 spiro atoms. The van der Waals surface area contributed by atoms with Gasteiger partial charge < -0.3 is 5.11 Å². The van der Waals surface area contributed by atoms with Gasteiger partial charge in [-0.25, -0.2) is 0 Å². The molecule has 1 rings (SSSR count). The number of carboxylic acid groups (broad SMARTS) is 1. The fourth-order valence-corrected chi connectivity index (χ4v) is 1.34. The SMILES string of the molecule is [2H]C([2H])(c1ccc(C(C)C(=O)O)cc1)C(C)C. The molecule has 0 aliphatic carbocycles. The first-order valence-corrected chi connectivity index (χ1v) is 5.10. The molecular formula is C13H18O2. The van der Waals surface area contributed by atoms with Crippen LogP contribution in [0.5, 0.6) is 0 Å². The zero-order chi connectivity index (χ0) is 13.2. The molecule has 1 N–H and O–H groups in total. The van der Waals surface area contributed by atoms with Crippen LogP contribution in [-0.2, 0) is 11.2 Å². The number of hydrogen-bond acceptors (Lipinski definition) is 1. The van der Waals surface area contributed by atoms with Crippen molar-refractivity contribution < 1.29 is 12.6 Å². The van der Waals surface area contributed by atoms with Crippen LogP contribution in [0.4, 0.5) is 0 Å². The number of carbonyl (C=O) groups is 1. The van der Waals surface area contributed by atoms with Gasteiger partial charge in [0.15, 0.2) is 0 Å². The van der Waals surface area contributed by atoms with E-state index in [0.717, 1.165) is 0 Å². The Kier molecular flexibility index (Phi) is 2.96. The van der Waals surface area contributed by atoms with Crippen molar-refractivity contribution in [1.29, 1.82) is 0 Å². The Labute approximate surface area is 93.8 Å². The van der Waals surface area contributed by atoms with Crippen LogP contribution in [0.25, 0.3) is 0 Å². The van der Waals surface area contributed by atoms with Crippen molar-refractivity contribution in [1.82, 2.24) is 0 Å². The van der Waals surface area contributed by atoms with Crippen molar-refractivity contribution in [3.8, 4) is 0 Å². The zero-order valence-corrected chi connectivity index (χ0v) is 9.32. The Morgan fingerprint density at radius 3 is 2.27 bits per heavy atom. The van der Waals surface area contributed by atoms with Gasteiger partial charge in [0, 0.05) is 2.74 Å². The highest BCUT2D eigenvalue weighted by Crippen LogP contribution is 2.17. The number of benzene rings is 1. The third-order valence-electron chi connectivity index (χ3n) is 2.24. The molecule has 2 nitrogen and oxygen atoms in total. The van der Waals surface area contributed by atoms with Gasteiger partial charge in [-0.3, -0.25) is 4.79 Å². The summed E-state index contributed by atoms with van der Waals surface area (Å²) in [4.78, 5) is 10.8. The summed E-state index contributed by atoms with van der Waals surface area (Å²) in [5, 5.41) is 8.88. The number of hydrogen-bond donors (Lipinski definition) is 1. The fourth-order valence-electron chi connectivity index (χ4n) is 1.34. The van der Waals surface area contributed by atoms with Crippen molar-refractivity contribution >= 4 is 5.97 Å². The first-order valence-electron chi connectivity index (χ1n) is 6.10. The predicted molar refractivity (Wildman–Crippen MR) is 61.0 cm³/mol. The molecule has 1 atom stereocenters. The molecule has 1 aromatic carbocycles. The van der Waals surface area contributed by atoms with Gasteiger partial charge in [0.05, 0.1) is 5.92 Å². The van der Waals surface area contributed by atoms with E-state index in [1.165, 1.54) is 0 Å². The molecule has 0 saturated heterocycles.